The van der Waals surface area contributed by atoms with E-state index in [2.05, 4.69) is 10.2 Å². The van der Waals surface area contributed by atoms with E-state index in [9.17, 15) is 9.90 Å². The van der Waals surface area contributed by atoms with Gasteiger partial charge in [0.2, 0.25) is 0 Å². The van der Waals surface area contributed by atoms with Crippen molar-refractivity contribution in [2.75, 3.05) is 19.7 Å². The number of ether oxygens (including phenoxy) is 1. The third kappa shape index (κ3) is 3.96. The first-order chi connectivity index (χ1) is 9.97. The predicted octanol–water partition coefficient (Wildman–Crippen LogP) is 1.86. The van der Waals surface area contributed by atoms with Crippen LogP contribution in [0, 0.1) is 0 Å². The average Bonchev–Trinajstić information content (AvgIpc) is 2.84. The van der Waals surface area contributed by atoms with E-state index in [1.165, 1.54) is 0 Å². The second-order valence-corrected chi connectivity index (χ2v) is 6.80. The number of rotatable bonds is 6. The first-order valence-corrected chi connectivity index (χ1v) is 8.33. The summed E-state index contributed by atoms with van der Waals surface area (Å²) < 4.78 is 5.76. The molecule has 3 atom stereocenters. The molecule has 2 aliphatic rings. The molecule has 5 heteroatoms. The Hall–Kier alpha value is -0.650. The van der Waals surface area contributed by atoms with E-state index in [0.717, 1.165) is 45.4 Å². The molecule has 0 spiro atoms. The van der Waals surface area contributed by atoms with Crippen molar-refractivity contribution in [1.82, 2.24) is 10.2 Å². The number of hydrogen-bond donors (Lipinski definition) is 2. The molecule has 5 nitrogen and oxygen atoms in total. The summed E-state index contributed by atoms with van der Waals surface area (Å²) in [5.74, 6) is -0.697. The zero-order valence-electron chi connectivity index (χ0n) is 13.6. The summed E-state index contributed by atoms with van der Waals surface area (Å²) in [5, 5.41) is 13.0. The van der Waals surface area contributed by atoms with Gasteiger partial charge in [-0.1, -0.05) is 0 Å². The Kier molecular flexibility index (Phi) is 5.63. The number of carboxylic acid groups (broad SMARTS) is 1. The number of likely N-dealkylation sites (tertiary alicyclic amines) is 1. The summed E-state index contributed by atoms with van der Waals surface area (Å²) in [6, 6.07) is 0.563. The van der Waals surface area contributed by atoms with E-state index in [4.69, 9.17) is 4.74 Å². The number of carboxylic acids is 1. The summed E-state index contributed by atoms with van der Waals surface area (Å²) in [5.41, 5.74) is -0.739. The van der Waals surface area contributed by atoms with E-state index in [0.29, 0.717) is 18.6 Å². The van der Waals surface area contributed by atoms with Gasteiger partial charge in [0.15, 0.2) is 0 Å². The SMILES string of the molecule is CCOC1CCCN(C2CCC(NC(C)C)(C(=O)O)C2)C1. The van der Waals surface area contributed by atoms with Crippen LogP contribution >= 0.6 is 0 Å². The zero-order chi connectivity index (χ0) is 15.5. The zero-order valence-corrected chi connectivity index (χ0v) is 13.6. The molecule has 1 saturated carbocycles. The van der Waals surface area contributed by atoms with Crippen LogP contribution in [0.2, 0.25) is 0 Å². The molecular weight excluding hydrogens is 268 g/mol. The lowest BCUT2D eigenvalue weighted by molar-refractivity contribution is -0.145. The summed E-state index contributed by atoms with van der Waals surface area (Å²) in [6.45, 7) is 8.86. The lowest BCUT2D eigenvalue weighted by Crippen LogP contribution is -2.54. The van der Waals surface area contributed by atoms with Gasteiger partial charge in [0.1, 0.15) is 5.54 Å². The molecule has 122 valence electrons. The van der Waals surface area contributed by atoms with Crippen LogP contribution in [0.1, 0.15) is 52.9 Å². The van der Waals surface area contributed by atoms with Crippen molar-refractivity contribution < 1.29 is 14.6 Å². The van der Waals surface area contributed by atoms with Crippen LogP contribution in [0.15, 0.2) is 0 Å². The van der Waals surface area contributed by atoms with Gasteiger partial charge >= 0.3 is 5.97 Å². The molecular formula is C16H30N2O3. The molecule has 3 unspecified atom stereocenters. The lowest BCUT2D eigenvalue weighted by Gasteiger charge is -2.37. The standard InChI is InChI=1S/C16H30N2O3/c1-4-21-14-6-5-9-18(11-14)13-7-8-16(10-13,15(19)20)17-12(2)3/h12-14,17H,4-11H2,1-3H3,(H,19,20). The number of nitrogens with one attached hydrogen (secondary N) is 1. The van der Waals surface area contributed by atoms with Crippen LogP contribution in [-0.4, -0.2) is 59.4 Å². The van der Waals surface area contributed by atoms with Crippen LogP contribution in [0.5, 0.6) is 0 Å². The van der Waals surface area contributed by atoms with Crippen LogP contribution in [-0.2, 0) is 9.53 Å². The summed E-state index contributed by atoms with van der Waals surface area (Å²) in [7, 11) is 0. The van der Waals surface area contributed by atoms with Gasteiger partial charge in [0.25, 0.3) is 0 Å². The highest BCUT2D eigenvalue weighted by Crippen LogP contribution is 2.35. The second-order valence-electron chi connectivity index (χ2n) is 6.80. The molecule has 0 bridgehead atoms. The Labute approximate surface area is 128 Å². The van der Waals surface area contributed by atoms with Gasteiger partial charge in [0, 0.05) is 25.2 Å². The minimum Gasteiger partial charge on any atom is -0.480 e. The van der Waals surface area contributed by atoms with Gasteiger partial charge in [-0.05, 0) is 59.4 Å². The van der Waals surface area contributed by atoms with E-state index in [1.807, 2.05) is 20.8 Å². The first kappa shape index (κ1) is 16.7. The fourth-order valence-corrected chi connectivity index (χ4v) is 3.94. The maximum atomic E-state index is 11.7. The number of carbonyl (C=O) groups is 1. The Bertz CT molecular complexity index is 359. The predicted molar refractivity (Wildman–Crippen MR) is 82.5 cm³/mol. The Morgan fingerprint density at radius 3 is 2.86 bits per heavy atom. The quantitative estimate of drug-likeness (QED) is 0.784. The highest BCUT2D eigenvalue weighted by molar-refractivity contribution is 5.79. The van der Waals surface area contributed by atoms with Gasteiger partial charge in [-0.3, -0.25) is 15.0 Å². The molecule has 1 aliphatic carbocycles. The van der Waals surface area contributed by atoms with Crippen molar-refractivity contribution in [1.29, 1.82) is 0 Å². The fourth-order valence-electron chi connectivity index (χ4n) is 3.94. The van der Waals surface area contributed by atoms with E-state index < -0.39 is 11.5 Å². The van der Waals surface area contributed by atoms with Gasteiger partial charge in [-0.15, -0.1) is 0 Å². The van der Waals surface area contributed by atoms with E-state index >= 15 is 0 Å². The first-order valence-electron chi connectivity index (χ1n) is 8.33. The van der Waals surface area contributed by atoms with E-state index in [1.54, 1.807) is 0 Å². The Balaban J connectivity index is 1.98. The highest BCUT2D eigenvalue weighted by atomic mass is 16.5. The number of aliphatic carboxylic acids is 1. The third-order valence-corrected chi connectivity index (χ3v) is 4.79. The van der Waals surface area contributed by atoms with Crippen molar-refractivity contribution >= 4 is 5.97 Å². The molecule has 0 aromatic heterocycles. The third-order valence-electron chi connectivity index (χ3n) is 4.79. The molecule has 0 aromatic rings. The van der Waals surface area contributed by atoms with Crippen molar-refractivity contribution in [2.24, 2.45) is 0 Å². The molecule has 2 fully saturated rings. The molecule has 2 rings (SSSR count). The number of piperidine rings is 1. The molecule has 1 aliphatic heterocycles. The number of nitrogens with zero attached hydrogens (tertiary/aromatic N) is 1. The van der Waals surface area contributed by atoms with Crippen molar-refractivity contribution in [2.45, 2.75) is 76.6 Å². The van der Waals surface area contributed by atoms with Crippen molar-refractivity contribution in [3.05, 3.63) is 0 Å². The highest BCUT2D eigenvalue weighted by Gasteiger charge is 2.47. The van der Waals surface area contributed by atoms with Crippen molar-refractivity contribution in [3.8, 4) is 0 Å². The minimum atomic E-state index is -0.739. The fraction of sp³-hybridized carbons (Fsp3) is 0.938. The number of hydrogen-bond acceptors (Lipinski definition) is 4. The topological polar surface area (TPSA) is 61.8 Å². The van der Waals surface area contributed by atoms with Crippen LogP contribution in [0.3, 0.4) is 0 Å². The average molecular weight is 298 g/mol. The molecule has 0 aromatic carbocycles. The smallest absolute Gasteiger partial charge is 0.323 e. The molecule has 0 amide bonds. The van der Waals surface area contributed by atoms with Gasteiger partial charge < -0.3 is 9.84 Å². The van der Waals surface area contributed by atoms with Crippen LogP contribution in [0.25, 0.3) is 0 Å². The lowest BCUT2D eigenvalue weighted by atomic mass is 9.95. The van der Waals surface area contributed by atoms with Crippen molar-refractivity contribution in [3.63, 3.8) is 0 Å². The Morgan fingerprint density at radius 1 is 1.48 bits per heavy atom. The van der Waals surface area contributed by atoms with E-state index in [-0.39, 0.29) is 6.04 Å². The second kappa shape index (κ2) is 7.07. The maximum absolute atomic E-state index is 11.7. The Morgan fingerprint density at radius 2 is 2.24 bits per heavy atom. The summed E-state index contributed by atoms with van der Waals surface area (Å²) >= 11 is 0. The van der Waals surface area contributed by atoms with Gasteiger partial charge in [-0.2, -0.15) is 0 Å². The molecule has 1 heterocycles. The summed E-state index contributed by atoms with van der Waals surface area (Å²) in [6.07, 6.45) is 5.00. The molecule has 0 radical (unpaired) electrons. The maximum Gasteiger partial charge on any atom is 0.323 e. The largest absolute Gasteiger partial charge is 0.480 e. The monoisotopic (exact) mass is 298 g/mol. The van der Waals surface area contributed by atoms with Crippen LogP contribution in [0.4, 0.5) is 0 Å². The molecule has 1 saturated heterocycles. The normalized spacial score (nSPS) is 34.5. The molecule has 21 heavy (non-hydrogen) atoms. The van der Waals surface area contributed by atoms with Crippen LogP contribution < -0.4 is 5.32 Å². The minimum absolute atomic E-state index is 0.192. The molecule has 2 N–H and O–H groups in total. The van der Waals surface area contributed by atoms with Gasteiger partial charge in [0.05, 0.1) is 6.10 Å². The van der Waals surface area contributed by atoms with Gasteiger partial charge in [-0.25, -0.2) is 0 Å². The summed E-state index contributed by atoms with van der Waals surface area (Å²) in [4.78, 5) is 14.2.